The quantitative estimate of drug-likeness (QED) is 0.0485. The fourth-order valence-electron chi connectivity index (χ4n) is 9.89. The first-order valence-corrected chi connectivity index (χ1v) is 24.6. The first-order valence-electron chi connectivity index (χ1n) is 22.3. The molecule has 4 aliphatic rings. The summed E-state index contributed by atoms with van der Waals surface area (Å²) < 4.78 is 33.9. The Bertz CT molecular complexity index is 2260. The number of aliphatic hydroxyl groups excluding tert-OH is 3. The second-order valence-corrected chi connectivity index (χ2v) is 22.4. The molecule has 380 valence electrons. The monoisotopic (exact) mass is 1000 g/mol. The van der Waals surface area contributed by atoms with Crippen molar-refractivity contribution in [3.05, 3.63) is 82.9 Å². The lowest BCUT2D eigenvalue weighted by atomic mass is 9.44. The molecule has 1 heterocycles. The third-order valence-electron chi connectivity index (χ3n) is 13.2. The predicted molar refractivity (Wildman–Crippen MR) is 251 cm³/mol. The lowest BCUT2D eigenvalue weighted by Crippen LogP contribution is -2.81. The molecule has 2 aromatic rings. The van der Waals surface area contributed by atoms with Gasteiger partial charge in [-0.25, -0.2) is 19.2 Å². The molecule has 3 unspecified atom stereocenters. The van der Waals surface area contributed by atoms with Gasteiger partial charge in [-0.3, -0.25) is 9.59 Å². The second kappa shape index (κ2) is 21.3. The van der Waals surface area contributed by atoms with E-state index in [-0.39, 0.29) is 40.5 Å². The highest BCUT2D eigenvalue weighted by Crippen LogP contribution is 2.64. The van der Waals surface area contributed by atoms with Gasteiger partial charge in [-0.2, -0.15) is 0 Å². The van der Waals surface area contributed by atoms with E-state index in [4.69, 9.17) is 34.5 Å². The van der Waals surface area contributed by atoms with Crippen molar-refractivity contribution in [3.8, 4) is 0 Å². The van der Waals surface area contributed by atoms with Crippen LogP contribution in [0.2, 0.25) is 0 Å². The molecule has 2 saturated carbocycles. The van der Waals surface area contributed by atoms with E-state index in [1.165, 1.54) is 47.6 Å². The highest BCUT2D eigenvalue weighted by Gasteiger charge is 2.78. The molecule has 1 aliphatic heterocycles. The summed E-state index contributed by atoms with van der Waals surface area (Å²) in [6.45, 7) is 15.3. The van der Waals surface area contributed by atoms with Crippen LogP contribution in [0.1, 0.15) is 104 Å². The molecule has 69 heavy (non-hydrogen) atoms. The molecule has 0 spiro atoms. The number of nitrogens with two attached hydrogens (primary N) is 1. The van der Waals surface area contributed by atoms with E-state index < -0.39 is 119 Å². The number of amides is 1. The normalized spacial score (nSPS) is 30.8. The molecule has 2 aromatic carbocycles. The number of fused-ring (bicyclic) bond motifs is 5. The fourth-order valence-corrected chi connectivity index (χ4v) is 11.5. The van der Waals surface area contributed by atoms with Crippen LogP contribution in [0.5, 0.6) is 0 Å². The summed E-state index contributed by atoms with van der Waals surface area (Å²) in [5.74, 6) is -5.36. The average Bonchev–Trinajstić information content (AvgIpc) is 3.25. The molecule has 6 rings (SSSR count). The number of hydrogen-bond donors (Lipinski definition) is 7. The number of carbonyl (C=O) groups is 6. The maximum atomic E-state index is 14.9. The van der Waals surface area contributed by atoms with Crippen LogP contribution in [0.4, 0.5) is 9.59 Å². The van der Waals surface area contributed by atoms with Gasteiger partial charge < -0.3 is 65.0 Å². The number of esters is 3. The van der Waals surface area contributed by atoms with E-state index in [2.05, 4.69) is 10.1 Å². The summed E-state index contributed by atoms with van der Waals surface area (Å²) in [7, 11) is 2.69. The lowest BCUT2D eigenvalue weighted by molar-refractivity contribution is -0.346. The molecule has 0 aromatic heterocycles. The summed E-state index contributed by atoms with van der Waals surface area (Å²) in [6, 6.07) is 14.6. The summed E-state index contributed by atoms with van der Waals surface area (Å²) in [4.78, 5) is 78.9. The lowest BCUT2D eigenvalue weighted by Gasteiger charge is -2.67. The SMILES string of the molecule is CC(=O)O[C@@]12CO[C@@H]1C[C@H](O)[C@@]1(C)C(=O)[C@H](O)C3=C(C)[C@@H](OC(=O)C(O)[C@@H](NC(=O)OC(C)(C)C)c4ccccc4)C[C@@](O)([C@@H](OC(=O)c4ccccc4)[C@H]21)C3(C)C.CC(N)SSC(C)OC(=O)O. The first-order chi connectivity index (χ1) is 32.0. The number of benzene rings is 2. The van der Waals surface area contributed by atoms with Crippen molar-refractivity contribution in [1.29, 1.82) is 0 Å². The minimum atomic E-state index is -2.35. The van der Waals surface area contributed by atoms with Gasteiger partial charge in [0, 0.05) is 25.2 Å². The number of hydrogen-bond acceptors (Lipinski definition) is 19. The molecule has 2 bridgehead atoms. The Morgan fingerprint density at radius 3 is 2.06 bits per heavy atom. The molecular weight excluding hydrogens is 941 g/mol. The van der Waals surface area contributed by atoms with Gasteiger partial charge in [-0.05, 0) is 88.1 Å². The summed E-state index contributed by atoms with van der Waals surface area (Å²) in [6.07, 6.45) is -12.7. The number of aliphatic hydroxyl groups is 4. The Labute approximate surface area is 408 Å². The molecule has 1 saturated heterocycles. The van der Waals surface area contributed by atoms with Crippen LogP contribution < -0.4 is 11.1 Å². The molecule has 1 amide bonds. The summed E-state index contributed by atoms with van der Waals surface area (Å²) in [5.41, 5.74) is -3.10. The number of ether oxygens (including phenoxy) is 6. The molecule has 19 nitrogen and oxygen atoms in total. The second-order valence-electron chi connectivity index (χ2n) is 19.4. The zero-order valence-electron chi connectivity index (χ0n) is 40.2. The molecule has 8 N–H and O–H groups in total. The number of carboxylic acid groups (broad SMARTS) is 1. The molecule has 3 fully saturated rings. The number of Topliss-reactive ketones (excluding diaryl/α,β-unsaturated/α-hetero) is 1. The number of ketones is 1. The van der Waals surface area contributed by atoms with Crippen molar-refractivity contribution < 1.29 is 82.7 Å². The zero-order chi connectivity index (χ0) is 51.6. The summed E-state index contributed by atoms with van der Waals surface area (Å²) in [5, 5.41) is 59.7. The van der Waals surface area contributed by atoms with Gasteiger partial charge in [0.05, 0.1) is 41.0 Å². The Hall–Kier alpha value is -4.74. The highest BCUT2D eigenvalue weighted by molar-refractivity contribution is 8.77. The van der Waals surface area contributed by atoms with Crippen molar-refractivity contribution in [2.75, 3.05) is 6.61 Å². The van der Waals surface area contributed by atoms with Crippen molar-refractivity contribution in [2.24, 2.45) is 22.5 Å². The van der Waals surface area contributed by atoms with Crippen molar-refractivity contribution >= 4 is 57.5 Å². The Morgan fingerprint density at radius 1 is 0.942 bits per heavy atom. The van der Waals surface area contributed by atoms with E-state index in [0.717, 1.165) is 6.92 Å². The topological polar surface area (TPSA) is 297 Å². The molecular formula is C48H64N2O17S2. The highest BCUT2D eigenvalue weighted by atomic mass is 33.1. The third kappa shape index (κ3) is 11.4. The van der Waals surface area contributed by atoms with Gasteiger partial charge in [0.25, 0.3) is 0 Å². The third-order valence-corrected chi connectivity index (χ3v) is 16.0. The van der Waals surface area contributed by atoms with Crippen LogP contribution in [0.25, 0.3) is 0 Å². The number of nitrogens with one attached hydrogen (secondary N) is 1. The van der Waals surface area contributed by atoms with Gasteiger partial charge in [-0.15, -0.1) is 0 Å². The van der Waals surface area contributed by atoms with E-state index in [1.54, 1.807) is 90.1 Å². The Morgan fingerprint density at radius 2 is 1.54 bits per heavy atom. The molecule has 0 radical (unpaired) electrons. The number of rotatable bonds is 12. The van der Waals surface area contributed by atoms with Crippen LogP contribution in [0, 0.1) is 16.7 Å². The minimum Gasteiger partial charge on any atom is -0.456 e. The van der Waals surface area contributed by atoms with Crippen molar-refractivity contribution in [2.45, 2.75) is 152 Å². The Balaban J connectivity index is 0.000000718. The molecule has 21 heteroatoms. The van der Waals surface area contributed by atoms with Gasteiger partial charge in [-0.1, -0.05) is 73.2 Å². The molecule has 13 atom stereocenters. The largest absolute Gasteiger partial charge is 0.506 e. The van der Waals surface area contributed by atoms with Crippen LogP contribution in [-0.4, -0.2) is 132 Å². The zero-order valence-corrected chi connectivity index (χ0v) is 41.8. The fraction of sp³-hybridized carbons (Fsp3) is 0.583. The van der Waals surface area contributed by atoms with E-state index in [0.29, 0.717) is 5.56 Å². The average molecular weight is 1010 g/mol. The first kappa shape index (κ1) is 55.2. The van der Waals surface area contributed by atoms with Crippen LogP contribution in [0.15, 0.2) is 71.8 Å². The van der Waals surface area contributed by atoms with Gasteiger partial charge in [0.1, 0.15) is 35.6 Å². The standard InChI is InChI=1S/C43H53NO14.C5H11NO3S2/c1-22-26(55-37(51)32(48)30(24-15-11-9-12-16-24)44-38(52)58-39(3,4)5)20-43(53)35(56-36(50)25-17-13-10-14-18-25)33-41(8,34(49)31(47)29(22)40(43,6)7)27(46)19-28-42(33,21-54-28)57-23(2)45;1-3(6)10-11-4(2)9-5(7)8/h9-18,26-28,30-33,35,46-48,53H,19-21H2,1-8H3,(H,44,52);3-4H,6H2,1-2H3,(H,7,8)/t26-,27-,28+,30-,31+,32?,33-,35-,41+,42-,43+;/m0./s1. The van der Waals surface area contributed by atoms with Crippen LogP contribution in [0.3, 0.4) is 0 Å². The van der Waals surface area contributed by atoms with Gasteiger partial charge >= 0.3 is 30.2 Å². The van der Waals surface area contributed by atoms with E-state index in [9.17, 15) is 49.2 Å². The predicted octanol–water partition coefficient (Wildman–Crippen LogP) is 4.97. The van der Waals surface area contributed by atoms with Crippen molar-refractivity contribution in [1.82, 2.24) is 5.32 Å². The number of alkyl carbamates (subject to hydrolysis) is 1. The van der Waals surface area contributed by atoms with Gasteiger partial charge in [0.15, 0.2) is 22.9 Å². The maximum Gasteiger partial charge on any atom is 0.506 e. The minimum absolute atomic E-state index is 0.0140. The van der Waals surface area contributed by atoms with Crippen LogP contribution >= 0.6 is 21.6 Å². The maximum absolute atomic E-state index is 14.9. The van der Waals surface area contributed by atoms with E-state index in [1.807, 2.05) is 6.92 Å². The summed E-state index contributed by atoms with van der Waals surface area (Å²) >= 11 is 0. The van der Waals surface area contributed by atoms with Gasteiger partial charge in [0.2, 0.25) is 0 Å². The smallest absolute Gasteiger partial charge is 0.456 e. The Kier molecular flexibility index (Phi) is 17.0. The molecule has 3 aliphatic carbocycles. The van der Waals surface area contributed by atoms with E-state index >= 15 is 0 Å². The number of carbonyl (C=O) groups excluding carboxylic acids is 5. The van der Waals surface area contributed by atoms with Crippen molar-refractivity contribution in [3.63, 3.8) is 0 Å². The van der Waals surface area contributed by atoms with Crippen LogP contribution in [-0.2, 0) is 42.8 Å².